The number of hydrogen-bond donors (Lipinski definition) is 2. The molecule has 2 aliphatic rings. The van der Waals surface area contributed by atoms with Crippen LogP contribution in [0.25, 0.3) is 11.4 Å². The van der Waals surface area contributed by atoms with Gasteiger partial charge in [0, 0.05) is 30.9 Å². The SMILES string of the molecule is Nc1nccc(-c2cc3c(n2C2CCC2)CCNC3=O)n1. The van der Waals surface area contributed by atoms with Crippen molar-refractivity contribution >= 4 is 11.9 Å². The van der Waals surface area contributed by atoms with Crippen molar-refractivity contribution in [3.8, 4) is 11.4 Å². The van der Waals surface area contributed by atoms with E-state index in [1.807, 2.05) is 12.1 Å². The van der Waals surface area contributed by atoms with Gasteiger partial charge in [-0.3, -0.25) is 4.79 Å². The molecule has 3 N–H and O–H groups in total. The molecule has 0 aromatic carbocycles. The second-order valence-corrected chi connectivity index (χ2v) is 5.65. The molecular formula is C15H17N5O. The fourth-order valence-electron chi connectivity index (χ4n) is 3.18. The molecule has 21 heavy (non-hydrogen) atoms. The molecule has 2 aromatic heterocycles. The number of anilines is 1. The van der Waals surface area contributed by atoms with E-state index < -0.39 is 0 Å². The summed E-state index contributed by atoms with van der Waals surface area (Å²) in [5.74, 6) is 0.272. The van der Waals surface area contributed by atoms with E-state index in [-0.39, 0.29) is 11.9 Å². The van der Waals surface area contributed by atoms with Gasteiger partial charge in [-0.05, 0) is 31.4 Å². The molecule has 4 rings (SSSR count). The largest absolute Gasteiger partial charge is 0.368 e. The number of nitrogens with zero attached hydrogens (tertiary/aromatic N) is 3. The van der Waals surface area contributed by atoms with Crippen molar-refractivity contribution in [3.05, 3.63) is 29.6 Å². The molecule has 0 atom stereocenters. The van der Waals surface area contributed by atoms with Gasteiger partial charge in [0.25, 0.3) is 5.91 Å². The quantitative estimate of drug-likeness (QED) is 0.875. The van der Waals surface area contributed by atoms with Crippen LogP contribution < -0.4 is 11.1 Å². The van der Waals surface area contributed by atoms with Crippen molar-refractivity contribution in [2.75, 3.05) is 12.3 Å². The summed E-state index contributed by atoms with van der Waals surface area (Å²) in [6.07, 6.45) is 6.11. The molecule has 3 heterocycles. The number of nitrogen functional groups attached to an aromatic ring is 1. The second-order valence-electron chi connectivity index (χ2n) is 5.65. The van der Waals surface area contributed by atoms with E-state index in [2.05, 4.69) is 19.9 Å². The van der Waals surface area contributed by atoms with Gasteiger partial charge in [-0.15, -0.1) is 0 Å². The Kier molecular flexibility index (Phi) is 2.70. The molecule has 2 aromatic rings. The third-order valence-electron chi connectivity index (χ3n) is 4.41. The summed E-state index contributed by atoms with van der Waals surface area (Å²) >= 11 is 0. The van der Waals surface area contributed by atoms with Gasteiger partial charge in [-0.1, -0.05) is 0 Å². The zero-order valence-corrected chi connectivity index (χ0v) is 11.7. The minimum absolute atomic E-state index is 0.0117. The first kappa shape index (κ1) is 12.4. The Bertz CT molecular complexity index is 717. The summed E-state index contributed by atoms with van der Waals surface area (Å²) in [7, 11) is 0. The number of carbonyl (C=O) groups is 1. The predicted octanol–water partition coefficient (Wildman–Crippen LogP) is 1.54. The van der Waals surface area contributed by atoms with Crippen LogP contribution in [0.15, 0.2) is 18.3 Å². The van der Waals surface area contributed by atoms with Crippen LogP contribution in [-0.2, 0) is 6.42 Å². The van der Waals surface area contributed by atoms with Crippen molar-refractivity contribution in [2.45, 2.75) is 31.7 Å². The van der Waals surface area contributed by atoms with Gasteiger partial charge in [-0.2, -0.15) is 0 Å². The van der Waals surface area contributed by atoms with E-state index in [9.17, 15) is 4.79 Å². The summed E-state index contributed by atoms with van der Waals surface area (Å²) in [5, 5.41) is 2.91. The van der Waals surface area contributed by atoms with Crippen molar-refractivity contribution in [3.63, 3.8) is 0 Å². The Morgan fingerprint density at radius 2 is 2.24 bits per heavy atom. The third-order valence-corrected chi connectivity index (χ3v) is 4.41. The fraction of sp³-hybridized carbons (Fsp3) is 0.400. The lowest BCUT2D eigenvalue weighted by atomic mass is 9.92. The van der Waals surface area contributed by atoms with Crippen LogP contribution in [0.4, 0.5) is 5.95 Å². The number of hydrogen-bond acceptors (Lipinski definition) is 4. The van der Waals surface area contributed by atoms with Crippen molar-refractivity contribution in [1.82, 2.24) is 19.9 Å². The predicted molar refractivity (Wildman–Crippen MR) is 78.8 cm³/mol. The van der Waals surface area contributed by atoms with E-state index in [1.165, 1.54) is 6.42 Å². The van der Waals surface area contributed by atoms with Crippen LogP contribution >= 0.6 is 0 Å². The molecule has 6 heteroatoms. The maximum atomic E-state index is 12.1. The van der Waals surface area contributed by atoms with Gasteiger partial charge >= 0.3 is 0 Å². The molecule has 108 valence electrons. The molecule has 0 saturated heterocycles. The average Bonchev–Trinajstić information content (AvgIpc) is 2.78. The van der Waals surface area contributed by atoms with E-state index in [4.69, 9.17) is 5.73 Å². The number of amides is 1. The maximum absolute atomic E-state index is 12.1. The monoisotopic (exact) mass is 283 g/mol. The zero-order valence-electron chi connectivity index (χ0n) is 11.7. The van der Waals surface area contributed by atoms with Gasteiger partial charge in [0.2, 0.25) is 5.95 Å². The summed E-state index contributed by atoms with van der Waals surface area (Å²) in [5.41, 5.74) is 9.39. The van der Waals surface area contributed by atoms with Crippen molar-refractivity contribution in [1.29, 1.82) is 0 Å². The Hall–Kier alpha value is -2.37. The molecule has 6 nitrogen and oxygen atoms in total. The zero-order chi connectivity index (χ0) is 14.4. The average molecular weight is 283 g/mol. The van der Waals surface area contributed by atoms with Crippen LogP contribution in [0.3, 0.4) is 0 Å². The summed E-state index contributed by atoms with van der Waals surface area (Å²) < 4.78 is 2.30. The Balaban J connectivity index is 1.91. The van der Waals surface area contributed by atoms with Crippen molar-refractivity contribution in [2.24, 2.45) is 0 Å². The lowest BCUT2D eigenvalue weighted by Gasteiger charge is -2.32. The second kappa shape index (κ2) is 4.58. The maximum Gasteiger partial charge on any atom is 0.253 e. The van der Waals surface area contributed by atoms with Crippen LogP contribution in [0.2, 0.25) is 0 Å². The topological polar surface area (TPSA) is 85.8 Å². The van der Waals surface area contributed by atoms with Crippen LogP contribution in [0.1, 0.15) is 41.4 Å². The van der Waals surface area contributed by atoms with E-state index >= 15 is 0 Å². The highest BCUT2D eigenvalue weighted by Gasteiger charge is 2.30. The minimum atomic E-state index is 0.0117. The van der Waals surface area contributed by atoms with Crippen molar-refractivity contribution < 1.29 is 4.79 Å². The first-order valence-corrected chi connectivity index (χ1v) is 7.35. The number of nitrogens with two attached hydrogens (primary N) is 1. The smallest absolute Gasteiger partial charge is 0.253 e. The molecule has 1 aliphatic heterocycles. The fourth-order valence-corrected chi connectivity index (χ4v) is 3.18. The number of nitrogens with one attached hydrogen (secondary N) is 1. The number of fused-ring (bicyclic) bond motifs is 1. The third kappa shape index (κ3) is 1.90. The summed E-state index contributed by atoms with van der Waals surface area (Å²) in [6, 6.07) is 4.28. The van der Waals surface area contributed by atoms with E-state index in [1.54, 1.807) is 6.20 Å². The van der Waals surface area contributed by atoms with E-state index in [0.29, 0.717) is 12.6 Å². The molecule has 0 bridgehead atoms. The van der Waals surface area contributed by atoms with Crippen LogP contribution in [0.5, 0.6) is 0 Å². The molecule has 1 amide bonds. The molecule has 1 aliphatic carbocycles. The van der Waals surface area contributed by atoms with Gasteiger partial charge < -0.3 is 15.6 Å². The number of rotatable bonds is 2. The molecule has 1 saturated carbocycles. The van der Waals surface area contributed by atoms with Gasteiger partial charge in [0.15, 0.2) is 0 Å². The Morgan fingerprint density at radius 3 is 2.95 bits per heavy atom. The highest BCUT2D eigenvalue weighted by molar-refractivity contribution is 5.98. The molecule has 0 unspecified atom stereocenters. The molecule has 0 radical (unpaired) electrons. The highest BCUT2D eigenvalue weighted by atomic mass is 16.1. The highest BCUT2D eigenvalue weighted by Crippen LogP contribution is 2.39. The lowest BCUT2D eigenvalue weighted by Crippen LogP contribution is -2.33. The molecule has 0 spiro atoms. The Labute approximate surface area is 122 Å². The first-order chi connectivity index (χ1) is 10.2. The van der Waals surface area contributed by atoms with Gasteiger partial charge in [0.1, 0.15) is 0 Å². The standard InChI is InChI=1S/C15H17N5O/c16-15-18-6-4-11(19-15)13-8-10-12(5-7-17-14(10)21)20(13)9-2-1-3-9/h4,6,8-9H,1-3,5,7H2,(H,17,21)(H2,16,18,19). The van der Waals surface area contributed by atoms with Crippen LogP contribution in [-0.4, -0.2) is 27.0 Å². The number of aromatic nitrogens is 3. The molecular weight excluding hydrogens is 266 g/mol. The van der Waals surface area contributed by atoms with Crippen LogP contribution in [0, 0.1) is 0 Å². The minimum Gasteiger partial charge on any atom is -0.368 e. The Morgan fingerprint density at radius 1 is 1.38 bits per heavy atom. The van der Waals surface area contributed by atoms with Gasteiger partial charge in [0.05, 0.1) is 17.0 Å². The summed E-state index contributed by atoms with van der Waals surface area (Å²) in [4.78, 5) is 20.4. The normalized spacial score (nSPS) is 18.0. The van der Waals surface area contributed by atoms with E-state index in [0.717, 1.165) is 41.9 Å². The molecule has 1 fully saturated rings. The lowest BCUT2D eigenvalue weighted by molar-refractivity contribution is 0.0944. The first-order valence-electron chi connectivity index (χ1n) is 7.35. The number of carbonyl (C=O) groups excluding carboxylic acids is 1. The van der Waals surface area contributed by atoms with Gasteiger partial charge in [-0.25, -0.2) is 9.97 Å². The summed E-state index contributed by atoms with van der Waals surface area (Å²) in [6.45, 7) is 0.702.